The molecule has 0 spiro atoms. The molecular formula is C22H27NO4. The average Bonchev–Trinajstić information content (AvgIpc) is 2.73. The first-order valence-electron chi connectivity index (χ1n) is 9.55. The first-order chi connectivity index (χ1) is 13.3. The van der Waals surface area contributed by atoms with Crippen LogP contribution in [0.25, 0.3) is 11.1 Å². The van der Waals surface area contributed by atoms with E-state index < -0.39 is 0 Å². The molecule has 0 saturated heterocycles. The number of hydrogen-bond donors (Lipinski definition) is 1. The Balaban J connectivity index is 0.000000614. The molecule has 0 aromatic heterocycles. The molecule has 5 nitrogen and oxygen atoms in total. The van der Waals surface area contributed by atoms with E-state index in [4.69, 9.17) is 9.47 Å². The smallest absolute Gasteiger partial charge is 0.298 e. The van der Waals surface area contributed by atoms with Crippen molar-refractivity contribution in [2.75, 3.05) is 6.54 Å². The van der Waals surface area contributed by atoms with E-state index in [-0.39, 0.29) is 11.8 Å². The highest BCUT2D eigenvalue weighted by molar-refractivity contribution is 5.84. The second-order valence-electron chi connectivity index (χ2n) is 5.69. The number of nitrogens with one attached hydrogen (secondary N) is 1. The normalized spacial score (nSPS) is 15.5. The van der Waals surface area contributed by atoms with Crippen LogP contribution in [0.1, 0.15) is 50.4 Å². The number of benzene rings is 2. The zero-order valence-electron chi connectivity index (χ0n) is 16.4. The predicted octanol–water partition coefficient (Wildman–Crippen LogP) is 4.22. The van der Waals surface area contributed by atoms with Gasteiger partial charge < -0.3 is 14.8 Å². The van der Waals surface area contributed by atoms with Gasteiger partial charge in [-0.2, -0.15) is 0 Å². The highest BCUT2D eigenvalue weighted by Gasteiger charge is 2.32. The van der Waals surface area contributed by atoms with Gasteiger partial charge in [0.2, 0.25) is 0 Å². The van der Waals surface area contributed by atoms with Crippen LogP contribution in [0.15, 0.2) is 30.3 Å². The van der Waals surface area contributed by atoms with Crippen LogP contribution in [0.5, 0.6) is 11.5 Å². The third-order valence-corrected chi connectivity index (χ3v) is 4.57. The Morgan fingerprint density at radius 2 is 1.70 bits per heavy atom. The van der Waals surface area contributed by atoms with E-state index in [1.807, 2.05) is 45.9 Å². The zero-order chi connectivity index (χ0) is 19.8. The Hall–Kier alpha value is -2.66. The SMILES string of the molecule is CC.CC.O=COc1ccc2c(c1OC=O)-c1cccc3c1C(C2)NCC3. The van der Waals surface area contributed by atoms with Gasteiger partial charge in [0.25, 0.3) is 12.9 Å². The number of rotatable bonds is 4. The Morgan fingerprint density at radius 1 is 0.963 bits per heavy atom. The summed E-state index contributed by atoms with van der Waals surface area (Å²) in [7, 11) is 0. The summed E-state index contributed by atoms with van der Waals surface area (Å²) in [6, 6.07) is 10.1. The largest absolute Gasteiger partial charge is 0.425 e. The molecule has 0 amide bonds. The van der Waals surface area contributed by atoms with Crippen molar-refractivity contribution in [1.82, 2.24) is 5.32 Å². The van der Waals surface area contributed by atoms with Crippen LogP contribution >= 0.6 is 0 Å². The fourth-order valence-corrected chi connectivity index (χ4v) is 3.72. The van der Waals surface area contributed by atoms with E-state index in [0.29, 0.717) is 18.7 Å². The number of fused-ring (bicyclic) bond motifs is 2. The number of carbonyl (C=O) groups excluding carboxylic acids is 2. The maximum atomic E-state index is 10.9. The fraction of sp³-hybridized carbons (Fsp3) is 0.364. The maximum absolute atomic E-state index is 10.9. The van der Waals surface area contributed by atoms with Crippen molar-refractivity contribution in [1.29, 1.82) is 0 Å². The minimum Gasteiger partial charge on any atom is -0.425 e. The van der Waals surface area contributed by atoms with E-state index in [9.17, 15) is 9.59 Å². The summed E-state index contributed by atoms with van der Waals surface area (Å²) in [6.45, 7) is 9.67. The highest BCUT2D eigenvalue weighted by atomic mass is 16.6. The van der Waals surface area contributed by atoms with Crippen molar-refractivity contribution in [3.63, 3.8) is 0 Å². The van der Waals surface area contributed by atoms with Gasteiger partial charge in [-0.15, -0.1) is 0 Å². The van der Waals surface area contributed by atoms with E-state index >= 15 is 0 Å². The zero-order valence-corrected chi connectivity index (χ0v) is 16.4. The molecule has 2 aliphatic rings. The number of hydrogen-bond acceptors (Lipinski definition) is 5. The molecule has 0 radical (unpaired) electrons. The van der Waals surface area contributed by atoms with E-state index in [0.717, 1.165) is 36.1 Å². The van der Waals surface area contributed by atoms with Gasteiger partial charge in [-0.1, -0.05) is 52.0 Å². The molecule has 1 aliphatic heterocycles. The fourth-order valence-electron chi connectivity index (χ4n) is 3.72. The Kier molecular flexibility index (Phi) is 7.55. The van der Waals surface area contributed by atoms with Gasteiger partial charge in [0.15, 0.2) is 11.5 Å². The van der Waals surface area contributed by atoms with Gasteiger partial charge in [0.1, 0.15) is 0 Å². The van der Waals surface area contributed by atoms with Gasteiger partial charge in [-0.3, -0.25) is 9.59 Å². The lowest BCUT2D eigenvalue weighted by Gasteiger charge is -2.34. The number of ether oxygens (including phenoxy) is 2. The maximum Gasteiger partial charge on any atom is 0.298 e. The quantitative estimate of drug-likeness (QED) is 0.818. The molecule has 1 unspecified atom stereocenters. The molecule has 144 valence electrons. The molecule has 27 heavy (non-hydrogen) atoms. The van der Waals surface area contributed by atoms with Gasteiger partial charge in [-0.05, 0) is 47.7 Å². The average molecular weight is 369 g/mol. The van der Waals surface area contributed by atoms with Crippen LogP contribution < -0.4 is 14.8 Å². The van der Waals surface area contributed by atoms with Crippen molar-refractivity contribution in [2.45, 2.75) is 46.6 Å². The minimum atomic E-state index is 0.255. The van der Waals surface area contributed by atoms with Crippen molar-refractivity contribution >= 4 is 12.9 Å². The molecule has 0 bridgehead atoms. The molecule has 1 N–H and O–H groups in total. The lowest BCUT2D eigenvalue weighted by atomic mass is 9.77. The summed E-state index contributed by atoms with van der Waals surface area (Å²) in [6.07, 6.45) is 1.79. The number of carbonyl (C=O) groups is 2. The summed E-state index contributed by atoms with van der Waals surface area (Å²) in [4.78, 5) is 21.7. The molecule has 0 fully saturated rings. The molecule has 1 atom stereocenters. The molecule has 0 saturated carbocycles. The molecule has 2 aromatic rings. The topological polar surface area (TPSA) is 64.6 Å². The van der Waals surface area contributed by atoms with Crippen molar-refractivity contribution in [3.8, 4) is 22.6 Å². The summed E-state index contributed by atoms with van der Waals surface area (Å²) in [5.74, 6) is 0.563. The third kappa shape index (κ3) is 3.88. The van der Waals surface area contributed by atoms with Crippen LogP contribution in [0, 0.1) is 0 Å². The van der Waals surface area contributed by atoms with Crippen LogP contribution in [-0.4, -0.2) is 19.5 Å². The second-order valence-corrected chi connectivity index (χ2v) is 5.69. The van der Waals surface area contributed by atoms with Crippen molar-refractivity contribution < 1.29 is 19.1 Å². The van der Waals surface area contributed by atoms with Gasteiger partial charge in [-0.25, -0.2) is 0 Å². The van der Waals surface area contributed by atoms with Crippen molar-refractivity contribution in [2.24, 2.45) is 0 Å². The van der Waals surface area contributed by atoms with Crippen molar-refractivity contribution in [3.05, 3.63) is 47.0 Å². The minimum absolute atomic E-state index is 0.255. The van der Waals surface area contributed by atoms with E-state index in [1.54, 1.807) is 6.07 Å². The van der Waals surface area contributed by atoms with E-state index in [1.165, 1.54) is 11.1 Å². The lowest BCUT2D eigenvalue weighted by Crippen LogP contribution is -2.33. The summed E-state index contributed by atoms with van der Waals surface area (Å²) >= 11 is 0. The summed E-state index contributed by atoms with van der Waals surface area (Å²) in [5, 5.41) is 3.55. The van der Waals surface area contributed by atoms with Gasteiger partial charge >= 0.3 is 0 Å². The lowest BCUT2D eigenvalue weighted by molar-refractivity contribution is -0.123. The molecular weight excluding hydrogens is 342 g/mol. The van der Waals surface area contributed by atoms with Gasteiger partial charge in [0.05, 0.1) is 0 Å². The first kappa shape index (κ1) is 20.6. The van der Waals surface area contributed by atoms with E-state index in [2.05, 4.69) is 11.4 Å². The third-order valence-electron chi connectivity index (χ3n) is 4.57. The Bertz CT molecular complexity index is 801. The summed E-state index contributed by atoms with van der Waals surface area (Å²) in [5.41, 5.74) is 5.52. The highest BCUT2D eigenvalue weighted by Crippen LogP contribution is 2.49. The van der Waals surface area contributed by atoms with Crippen LogP contribution in [0.2, 0.25) is 0 Å². The monoisotopic (exact) mass is 369 g/mol. The standard InChI is InChI=1S/C18H15NO4.2C2H6/c20-9-22-15-5-4-12-8-14-16-11(6-7-19-14)2-1-3-13(16)17(12)18(15)23-10-21;2*1-2/h1-5,9-10,14,19H,6-8H2;2*1-2H3. The van der Waals surface area contributed by atoms with Gasteiger partial charge in [0, 0.05) is 11.6 Å². The predicted molar refractivity (Wildman–Crippen MR) is 106 cm³/mol. The van der Waals surface area contributed by atoms with Crippen LogP contribution in [-0.2, 0) is 22.4 Å². The molecule has 1 aliphatic carbocycles. The van der Waals surface area contributed by atoms with Crippen LogP contribution in [0.3, 0.4) is 0 Å². The van der Waals surface area contributed by atoms with Crippen LogP contribution in [0.4, 0.5) is 0 Å². The first-order valence-corrected chi connectivity index (χ1v) is 9.55. The second kappa shape index (κ2) is 9.88. The molecule has 1 heterocycles. The molecule has 5 heteroatoms. The molecule has 4 rings (SSSR count). The Morgan fingerprint density at radius 3 is 2.41 bits per heavy atom. The Labute approximate surface area is 160 Å². The summed E-state index contributed by atoms with van der Waals surface area (Å²) < 4.78 is 10.2. The molecule has 2 aromatic carbocycles.